The molecule has 5 rings (SSSR count). The SMILES string of the molecule is COc1cccc(-c2cccc3c2CC[C@@H]3Oc2cc(OCc3cncc(C#N)c3)c(CN[C@@H](CO)C(=O)O)cc2Cl)c1Cl. The lowest BCUT2D eigenvalue weighted by atomic mass is 9.96. The topological polar surface area (TPSA) is 134 Å². The van der Waals surface area contributed by atoms with Gasteiger partial charge in [0.1, 0.15) is 42.1 Å². The predicted octanol–water partition coefficient (Wildman–Crippen LogP) is 6.12. The zero-order valence-corrected chi connectivity index (χ0v) is 25.2. The number of halogens is 2. The molecular formula is C33H29Cl2N3O6. The van der Waals surface area contributed by atoms with Crippen LogP contribution in [0.15, 0.2) is 67.0 Å². The highest BCUT2D eigenvalue weighted by atomic mass is 35.5. The van der Waals surface area contributed by atoms with Gasteiger partial charge in [-0.05, 0) is 47.7 Å². The summed E-state index contributed by atoms with van der Waals surface area (Å²) in [6.07, 6.45) is 4.26. The van der Waals surface area contributed by atoms with E-state index in [1.807, 2.05) is 36.4 Å². The Hall–Kier alpha value is -4.33. The molecule has 9 nitrogen and oxygen atoms in total. The number of aliphatic hydroxyl groups excluding tert-OH is 1. The highest BCUT2D eigenvalue weighted by Gasteiger charge is 2.28. The van der Waals surface area contributed by atoms with E-state index in [1.54, 1.807) is 31.5 Å². The Kier molecular flexibility index (Phi) is 9.88. The van der Waals surface area contributed by atoms with Gasteiger partial charge in [-0.15, -0.1) is 0 Å². The van der Waals surface area contributed by atoms with E-state index < -0.39 is 18.6 Å². The van der Waals surface area contributed by atoms with Crippen molar-refractivity contribution in [2.24, 2.45) is 0 Å². The number of carboxylic acids is 1. The lowest BCUT2D eigenvalue weighted by Gasteiger charge is -2.20. The van der Waals surface area contributed by atoms with Crippen molar-refractivity contribution in [1.29, 1.82) is 5.26 Å². The molecule has 1 aromatic heterocycles. The number of pyridine rings is 1. The van der Waals surface area contributed by atoms with Gasteiger partial charge in [0.2, 0.25) is 0 Å². The Morgan fingerprint density at radius 2 is 1.91 bits per heavy atom. The predicted molar refractivity (Wildman–Crippen MR) is 165 cm³/mol. The van der Waals surface area contributed by atoms with Crippen molar-refractivity contribution < 1.29 is 29.2 Å². The Balaban J connectivity index is 1.44. The molecule has 0 aliphatic heterocycles. The molecule has 1 aliphatic rings. The van der Waals surface area contributed by atoms with Crippen molar-refractivity contribution in [2.45, 2.75) is 38.1 Å². The van der Waals surface area contributed by atoms with Gasteiger partial charge >= 0.3 is 5.97 Å². The molecular weight excluding hydrogens is 605 g/mol. The number of hydrogen-bond acceptors (Lipinski definition) is 8. The number of carboxylic acid groups (broad SMARTS) is 1. The first-order valence-electron chi connectivity index (χ1n) is 13.8. The minimum absolute atomic E-state index is 0.0558. The molecule has 1 aliphatic carbocycles. The van der Waals surface area contributed by atoms with E-state index in [2.05, 4.69) is 16.4 Å². The summed E-state index contributed by atoms with van der Waals surface area (Å²) >= 11 is 13.4. The summed E-state index contributed by atoms with van der Waals surface area (Å²) in [5.74, 6) is 0.213. The van der Waals surface area contributed by atoms with E-state index in [0.717, 1.165) is 28.7 Å². The first-order valence-corrected chi connectivity index (χ1v) is 14.6. The number of rotatable bonds is 12. The van der Waals surface area contributed by atoms with E-state index in [-0.39, 0.29) is 19.3 Å². The van der Waals surface area contributed by atoms with Gasteiger partial charge in [-0.1, -0.05) is 53.5 Å². The van der Waals surface area contributed by atoms with Crippen LogP contribution in [-0.2, 0) is 24.4 Å². The number of ether oxygens (including phenoxy) is 3. The molecule has 0 saturated carbocycles. The largest absolute Gasteiger partial charge is 0.495 e. The molecule has 226 valence electrons. The zero-order chi connectivity index (χ0) is 31.2. The highest BCUT2D eigenvalue weighted by Crippen LogP contribution is 2.45. The Morgan fingerprint density at radius 1 is 1.11 bits per heavy atom. The van der Waals surface area contributed by atoms with Crippen LogP contribution in [0.3, 0.4) is 0 Å². The molecule has 44 heavy (non-hydrogen) atoms. The molecule has 3 N–H and O–H groups in total. The number of aliphatic carboxylic acids is 1. The number of fused-ring (bicyclic) bond motifs is 1. The minimum Gasteiger partial charge on any atom is -0.495 e. The Labute approximate surface area is 264 Å². The fourth-order valence-corrected chi connectivity index (χ4v) is 5.75. The summed E-state index contributed by atoms with van der Waals surface area (Å²) in [5, 5.41) is 31.7. The number of nitrogens with one attached hydrogen (secondary N) is 1. The van der Waals surface area contributed by atoms with Crippen LogP contribution in [0.5, 0.6) is 17.2 Å². The fraction of sp³-hybridized carbons (Fsp3) is 0.242. The number of nitrogens with zero attached hydrogens (tertiary/aromatic N) is 2. The van der Waals surface area contributed by atoms with E-state index in [4.69, 9.17) is 37.4 Å². The Bertz CT molecular complexity index is 1720. The smallest absolute Gasteiger partial charge is 0.323 e. The molecule has 0 unspecified atom stereocenters. The van der Waals surface area contributed by atoms with Crippen LogP contribution in [0.25, 0.3) is 11.1 Å². The maximum atomic E-state index is 11.4. The number of benzene rings is 3. The number of hydrogen-bond donors (Lipinski definition) is 3. The number of carbonyl (C=O) groups is 1. The molecule has 0 amide bonds. The standard InChI is InChI=1S/C33H29Cl2N3O6/c1-42-29-7-3-6-25(32(29)35)22-4-2-5-24-23(22)8-9-28(24)44-31-12-30(43-18-20-10-19(13-36)14-37-15-20)21(11-26(31)34)16-38-27(17-39)33(40)41/h2-7,10-12,14-15,27-28,38-39H,8-9,16-18H2,1H3,(H,40,41)/t27-,28-/m0/s1. The molecule has 0 fully saturated rings. The van der Waals surface area contributed by atoms with Gasteiger partial charge < -0.3 is 24.4 Å². The van der Waals surface area contributed by atoms with Gasteiger partial charge in [-0.2, -0.15) is 5.26 Å². The fourth-order valence-electron chi connectivity index (χ4n) is 5.21. The first-order chi connectivity index (χ1) is 21.3. The average Bonchev–Trinajstić information content (AvgIpc) is 3.44. The summed E-state index contributed by atoms with van der Waals surface area (Å²) in [4.78, 5) is 15.5. The quantitative estimate of drug-likeness (QED) is 0.169. The number of methoxy groups -OCH3 is 1. The summed E-state index contributed by atoms with van der Waals surface area (Å²) in [5.41, 5.74) is 5.69. The van der Waals surface area contributed by atoms with Crippen LogP contribution in [0.1, 0.15) is 40.3 Å². The molecule has 1 heterocycles. The normalized spacial score (nSPS) is 14.4. The van der Waals surface area contributed by atoms with Gasteiger partial charge in [-0.3, -0.25) is 15.1 Å². The number of aromatic nitrogens is 1. The summed E-state index contributed by atoms with van der Waals surface area (Å²) in [6, 6.07) is 17.6. The molecule has 0 saturated heterocycles. The minimum atomic E-state index is -1.19. The first kappa shape index (κ1) is 31.1. The second kappa shape index (κ2) is 14.0. The van der Waals surface area contributed by atoms with Crippen molar-refractivity contribution in [3.63, 3.8) is 0 Å². The van der Waals surface area contributed by atoms with E-state index in [9.17, 15) is 20.3 Å². The van der Waals surface area contributed by atoms with Gasteiger partial charge in [0, 0.05) is 41.7 Å². The van der Waals surface area contributed by atoms with Crippen LogP contribution in [0.4, 0.5) is 0 Å². The van der Waals surface area contributed by atoms with Gasteiger partial charge in [0.05, 0.1) is 29.3 Å². The average molecular weight is 635 g/mol. The highest BCUT2D eigenvalue weighted by molar-refractivity contribution is 6.35. The molecule has 4 aromatic rings. The van der Waals surface area contributed by atoms with E-state index in [0.29, 0.717) is 50.4 Å². The maximum absolute atomic E-state index is 11.4. The lowest BCUT2D eigenvalue weighted by molar-refractivity contribution is -0.140. The number of aliphatic hydroxyl groups is 1. The molecule has 3 aromatic carbocycles. The summed E-state index contributed by atoms with van der Waals surface area (Å²) < 4.78 is 18.0. The second-order valence-corrected chi connectivity index (χ2v) is 11.0. The zero-order valence-electron chi connectivity index (χ0n) is 23.7. The van der Waals surface area contributed by atoms with Crippen LogP contribution in [0.2, 0.25) is 10.0 Å². The van der Waals surface area contributed by atoms with Crippen LogP contribution in [-0.4, -0.2) is 40.9 Å². The second-order valence-electron chi connectivity index (χ2n) is 10.2. The lowest BCUT2D eigenvalue weighted by Crippen LogP contribution is -2.39. The van der Waals surface area contributed by atoms with E-state index >= 15 is 0 Å². The van der Waals surface area contributed by atoms with Crippen molar-refractivity contribution in [3.8, 4) is 34.4 Å². The summed E-state index contributed by atoms with van der Waals surface area (Å²) in [6.45, 7) is -0.437. The molecule has 0 bridgehead atoms. The summed E-state index contributed by atoms with van der Waals surface area (Å²) in [7, 11) is 1.59. The van der Waals surface area contributed by atoms with Crippen molar-refractivity contribution in [2.75, 3.05) is 13.7 Å². The van der Waals surface area contributed by atoms with Crippen LogP contribution < -0.4 is 19.5 Å². The van der Waals surface area contributed by atoms with Crippen molar-refractivity contribution in [3.05, 3.63) is 105 Å². The third-order valence-corrected chi connectivity index (χ3v) is 8.10. The van der Waals surface area contributed by atoms with Crippen molar-refractivity contribution >= 4 is 29.2 Å². The Morgan fingerprint density at radius 3 is 2.66 bits per heavy atom. The third-order valence-electron chi connectivity index (χ3n) is 7.41. The van der Waals surface area contributed by atoms with Crippen LogP contribution >= 0.6 is 23.2 Å². The van der Waals surface area contributed by atoms with E-state index in [1.165, 1.54) is 6.20 Å². The van der Waals surface area contributed by atoms with Gasteiger partial charge in [0.25, 0.3) is 0 Å². The molecule has 2 atom stereocenters. The maximum Gasteiger partial charge on any atom is 0.323 e. The van der Waals surface area contributed by atoms with Crippen LogP contribution in [0, 0.1) is 11.3 Å². The van der Waals surface area contributed by atoms with Crippen molar-refractivity contribution in [1.82, 2.24) is 10.3 Å². The third kappa shape index (κ3) is 6.74. The number of nitriles is 1. The monoisotopic (exact) mass is 633 g/mol. The van der Waals surface area contributed by atoms with Gasteiger partial charge in [-0.25, -0.2) is 0 Å². The molecule has 0 spiro atoms. The molecule has 11 heteroatoms. The molecule has 0 radical (unpaired) electrons. The van der Waals surface area contributed by atoms with Gasteiger partial charge in [0.15, 0.2) is 0 Å².